The second-order valence-electron chi connectivity index (χ2n) is 5.37. The normalized spacial score (nSPS) is 17.1. The van der Waals surface area contributed by atoms with E-state index in [-0.39, 0.29) is 11.6 Å². The van der Waals surface area contributed by atoms with E-state index in [1.165, 1.54) is 0 Å². The number of carbonyl (C=O) groups is 1. The van der Waals surface area contributed by atoms with Crippen molar-refractivity contribution in [1.82, 2.24) is 4.57 Å². The van der Waals surface area contributed by atoms with Crippen molar-refractivity contribution >= 4 is 11.8 Å². The van der Waals surface area contributed by atoms with Gasteiger partial charge in [-0.3, -0.25) is 10.1 Å². The number of rotatable bonds is 1. The maximum atomic E-state index is 12.4. The number of pyridine rings is 1. The summed E-state index contributed by atoms with van der Waals surface area (Å²) >= 11 is 0. The molecule has 0 aromatic carbocycles. The molecule has 1 aromatic rings. The van der Waals surface area contributed by atoms with Gasteiger partial charge in [0, 0.05) is 17.3 Å². The number of carbonyl (C=O) groups excluding carboxylic acids is 1. The average Bonchev–Trinajstić information content (AvgIpc) is 2.18. The van der Waals surface area contributed by atoms with Gasteiger partial charge in [-0.1, -0.05) is 0 Å². The molecule has 1 N–H and O–H groups in total. The van der Waals surface area contributed by atoms with E-state index >= 15 is 0 Å². The summed E-state index contributed by atoms with van der Waals surface area (Å²) in [6.45, 7) is 9.32. The first-order valence-electron chi connectivity index (χ1n) is 6.00. The highest BCUT2D eigenvalue weighted by molar-refractivity contribution is 5.88. The summed E-state index contributed by atoms with van der Waals surface area (Å²) in [4.78, 5) is 23.9. The zero-order valence-electron chi connectivity index (χ0n) is 11.3. The quantitative estimate of drug-likeness (QED) is 0.833. The van der Waals surface area contributed by atoms with Crippen molar-refractivity contribution in [1.29, 1.82) is 0 Å². The first kappa shape index (κ1) is 12.7. The van der Waals surface area contributed by atoms with Gasteiger partial charge in [0.15, 0.2) is 0 Å². The molecule has 1 aliphatic rings. The van der Waals surface area contributed by atoms with Gasteiger partial charge >= 0.3 is 6.09 Å². The Bertz CT molecular complexity index is 570. The van der Waals surface area contributed by atoms with Gasteiger partial charge in [-0.25, -0.2) is 4.79 Å². The first-order chi connectivity index (χ1) is 8.24. The minimum Gasteiger partial charge on any atom is -0.438 e. The van der Waals surface area contributed by atoms with E-state index < -0.39 is 11.7 Å². The Hall–Kier alpha value is -1.78. The third-order valence-corrected chi connectivity index (χ3v) is 3.18. The summed E-state index contributed by atoms with van der Waals surface area (Å²) in [7, 11) is 0. The van der Waals surface area contributed by atoms with Crippen LogP contribution in [0.4, 0.5) is 10.5 Å². The fraction of sp³-hybridized carbons (Fsp3) is 0.538. The highest BCUT2D eigenvalue weighted by atomic mass is 16.6. The molecule has 1 amide bonds. The standard InChI is InChI=1S/C13H18N2O3/c1-7(2)15-8(3)6-9-10(11(15)16)14-12(17)18-13(9,4)5/h6-7H,1-5H3,(H,14,17). The Labute approximate surface area is 106 Å². The van der Waals surface area contributed by atoms with Crippen LogP contribution in [-0.2, 0) is 10.3 Å². The molecule has 18 heavy (non-hydrogen) atoms. The molecule has 0 atom stereocenters. The van der Waals surface area contributed by atoms with Crippen LogP contribution in [-0.4, -0.2) is 10.7 Å². The predicted octanol–water partition coefficient (Wildman–Crippen LogP) is 2.53. The van der Waals surface area contributed by atoms with Gasteiger partial charge < -0.3 is 9.30 Å². The summed E-state index contributed by atoms with van der Waals surface area (Å²) in [6, 6.07) is 1.95. The second-order valence-corrected chi connectivity index (χ2v) is 5.37. The lowest BCUT2D eigenvalue weighted by Gasteiger charge is -2.33. The molecular weight excluding hydrogens is 232 g/mol. The van der Waals surface area contributed by atoms with Crippen molar-refractivity contribution < 1.29 is 9.53 Å². The molecule has 1 aromatic heterocycles. The molecule has 0 fully saturated rings. The van der Waals surface area contributed by atoms with E-state index in [4.69, 9.17) is 4.74 Å². The van der Waals surface area contributed by atoms with Crippen LogP contribution < -0.4 is 10.9 Å². The van der Waals surface area contributed by atoms with E-state index in [2.05, 4.69) is 5.32 Å². The number of fused-ring (bicyclic) bond motifs is 1. The molecule has 0 spiro atoms. The minimum atomic E-state index is -0.780. The van der Waals surface area contributed by atoms with Crippen LogP contribution in [0.2, 0.25) is 0 Å². The molecule has 2 heterocycles. The van der Waals surface area contributed by atoms with E-state index in [0.29, 0.717) is 5.69 Å². The largest absolute Gasteiger partial charge is 0.438 e. The topological polar surface area (TPSA) is 60.3 Å². The number of ether oxygens (including phenoxy) is 1. The van der Waals surface area contributed by atoms with E-state index in [1.54, 1.807) is 18.4 Å². The number of aryl methyl sites for hydroxylation is 1. The van der Waals surface area contributed by atoms with Crippen molar-refractivity contribution in [2.24, 2.45) is 0 Å². The van der Waals surface area contributed by atoms with Gasteiger partial charge in [-0.15, -0.1) is 0 Å². The van der Waals surface area contributed by atoms with Gasteiger partial charge in [-0.2, -0.15) is 0 Å². The molecule has 0 saturated heterocycles. The number of cyclic esters (lactones) is 1. The zero-order chi connectivity index (χ0) is 13.7. The van der Waals surface area contributed by atoms with Crippen molar-refractivity contribution in [2.75, 3.05) is 5.32 Å². The number of nitrogens with zero attached hydrogens (tertiary/aromatic N) is 1. The zero-order valence-corrected chi connectivity index (χ0v) is 11.3. The Morgan fingerprint density at radius 2 is 1.94 bits per heavy atom. The molecule has 0 aliphatic carbocycles. The third kappa shape index (κ3) is 1.79. The van der Waals surface area contributed by atoms with Crippen LogP contribution in [0.3, 0.4) is 0 Å². The molecule has 0 unspecified atom stereocenters. The van der Waals surface area contributed by atoms with Crippen molar-refractivity contribution in [2.45, 2.75) is 46.3 Å². The van der Waals surface area contributed by atoms with Gasteiger partial charge in [0.25, 0.3) is 5.56 Å². The summed E-state index contributed by atoms with van der Waals surface area (Å²) in [5.41, 5.74) is 0.959. The van der Waals surface area contributed by atoms with Gasteiger partial charge in [0.1, 0.15) is 11.3 Å². The van der Waals surface area contributed by atoms with E-state index in [1.807, 2.05) is 26.8 Å². The summed E-state index contributed by atoms with van der Waals surface area (Å²) in [5, 5.41) is 2.51. The van der Waals surface area contributed by atoms with Gasteiger partial charge in [0.05, 0.1) is 0 Å². The fourth-order valence-corrected chi connectivity index (χ4v) is 2.40. The number of hydrogen-bond donors (Lipinski definition) is 1. The molecule has 0 bridgehead atoms. The van der Waals surface area contributed by atoms with Crippen LogP contribution >= 0.6 is 0 Å². The highest BCUT2D eigenvalue weighted by Crippen LogP contribution is 2.34. The van der Waals surface area contributed by atoms with Crippen LogP contribution in [0.25, 0.3) is 0 Å². The Morgan fingerprint density at radius 1 is 1.33 bits per heavy atom. The molecule has 98 valence electrons. The predicted molar refractivity (Wildman–Crippen MR) is 69.0 cm³/mol. The molecule has 5 heteroatoms. The summed E-state index contributed by atoms with van der Waals surface area (Å²) in [6.07, 6.45) is -0.580. The maximum Gasteiger partial charge on any atom is 0.412 e. The Balaban J connectivity index is 2.77. The fourth-order valence-electron chi connectivity index (χ4n) is 2.40. The number of aromatic nitrogens is 1. The average molecular weight is 250 g/mol. The van der Waals surface area contributed by atoms with Gasteiger partial charge in [-0.05, 0) is 40.7 Å². The Morgan fingerprint density at radius 3 is 2.50 bits per heavy atom. The van der Waals surface area contributed by atoms with Crippen molar-refractivity contribution in [3.63, 3.8) is 0 Å². The van der Waals surface area contributed by atoms with E-state index in [0.717, 1.165) is 11.3 Å². The van der Waals surface area contributed by atoms with Crippen LogP contribution in [0.5, 0.6) is 0 Å². The number of amides is 1. The lowest BCUT2D eigenvalue weighted by atomic mass is 9.95. The summed E-state index contributed by atoms with van der Waals surface area (Å²) in [5.74, 6) is 0. The molecule has 1 aliphatic heterocycles. The second kappa shape index (κ2) is 3.86. The lowest BCUT2D eigenvalue weighted by Crippen LogP contribution is -2.40. The molecule has 0 saturated carbocycles. The molecule has 0 radical (unpaired) electrons. The monoisotopic (exact) mass is 250 g/mol. The minimum absolute atomic E-state index is 0.0469. The van der Waals surface area contributed by atoms with Crippen LogP contribution in [0, 0.1) is 6.92 Å². The van der Waals surface area contributed by atoms with E-state index in [9.17, 15) is 9.59 Å². The molecule has 2 rings (SSSR count). The maximum absolute atomic E-state index is 12.4. The van der Waals surface area contributed by atoms with Crippen LogP contribution in [0.15, 0.2) is 10.9 Å². The Kier molecular flexibility index (Phi) is 2.72. The summed E-state index contributed by atoms with van der Waals surface area (Å²) < 4.78 is 6.88. The number of anilines is 1. The first-order valence-corrected chi connectivity index (χ1v) is 6.00. The SMILES string of the molecule is Cc1cc2c(c(=O)n1C(C)C)NC(=O)OC2(C)C. The third-order valence-electron chi connectivity index (χ3n) is 3.18. The van der Waals surface area contributed by atoms with Crippen LogP contribution in [0.1, 0.15) is 45.0 Å². The van der Waals surface area contributed by atoms with Gasteiger partial charge in [0.2, 0.25) is 0 Å². The smallest absolute Gasteiger partial charge is 0.412 e. The number of nitrogens with one attached hydrogen (secondary N) is 1. The highest BCUT2D eigenvalue weighted by Gasteiger charge is 2.36. The molecular formula is C13H18N2O3. The van der Waals surface area contributed by atoms with Crippen molar-refractivity contribution in [3.8, 4) is 0 Å². The number of hydrogen-bond acceptors (Lipinski definition) is 3. The molecule has 5 nitrogen and oxygen atoms in total. The lowest BCUT2D eigenvalue weighted by molar-refractivity contribution is 0.0416. The van der Waals surface area contributed by atoms with Crippen molar-refractivity contribution in [3.05, 3.63) is 27.7 Å².